The molecule has 27 heavy (non-hydrogen) atoms. The van der Waals surface area contributed by atoms with Crippen molar-refractivity contribution in [1.29, 1.82) is 0 Å². The molecular weight excluding hydrogens is 352 g/mol. The molecule has 1 aromatic heterocycles. The van der Waals surface area contributed by atoms with Gasteiger partial charge in [0.2, 0.25) is 0 Å². The molecule has 1 aromatic carbocycles. The van der Waals surface area contributed by atoms with Crippen LogP contribution in [0.15, 0.2) is 46.4 Å². The Kier molecular flexibility index (Phi) is 4.89. The summed E-state index contributed by atoms with van der Waals surface area (Å²) in [6, 6.07) is 9.02. The van der Waals surface area contributed by atoms with Crippen LogP contribution in [-0.4, -0.2) is 29.9 Å². The van der Waals surface area contributed by atoms with Crippen LogP contribution >= 0.6 is 0 Å². The summed E-state index contributed by atoms with van der Waals surface area (Å²) in [5.41, 5.74) is 0.886. The second kappa shape index (κ2) is 7.28. The molecule has 2 N–H and O–H groups in total. The van der Waals surface area contributed by atoms with Gasteiger partial charge < -0.3 is 9.15 Å². The number of furan rings is 1. The van der Waals surface area contributed by atoms with Crippen molar-refractivity contribution in [3.05, 3.63) is 53.3 Å². The van der Waals surface area contributed by atoms with Gasteiger partial charge in [0, 0.05) is 5.56 Å². The van der Waals surface area contributed by atoms with Crippen molar-refractivity contribution in [3.63, 3.8) is 0 Å². The van der Waals surface area contributed by atoms with Crippen molar-refractivity contribution >= 4 is 29.9 Å². The van der Waals surface area contributed by atoms with Gasteiger partial charge in [-0.1, -0.05) is 12.1 Å². The van der Waals surface area contributed by atoms with Crippen LogP contribution in [0.25, 0.3) is 17.4 Å². The third-order valence-corrected chi connectivity index (χ3v) is 3.60. The Hall–Kier alpha value is -3.68. The molecule has 2 aromatic rings. The Balaban J connectivity index is 1.79. The number of rotatable bonds is 4. The quantitative estimate of drug-likeness (QED) is 0.486. The summed E-state index contributed by atoms with van der Waals surface area (Å²) in [5.74, 6) is -1.25. The SMILES string of the molecule is CC(C)OC(=O)c1ccc(-c2ccc(C=C3C(=O)NC(=O)NC3=O)o2)cc1. The molecule has 1 aliphatic heterocycles. The Bertz CT molecular complexity index is 931. The average Bonchev–Trinajstić information content (AvgIpc) is 3.06. The van der Waals surface area contributed by atoms with Crippen LogP contribution in [0.5, 0.6) is 0 Å². The summed E-state index contributed by atoms with van der Waals surface area (Å²) >= 11 is 0. The molecule has 3 rings (SSSR count). The minimum atomic E-state index is -0.863. The number of esters is 1. The smallest absolute Gasteiger partial charge is 0.338 e. The summed E-state index contributed by atoms with van der Waals surface area (Å²) in [4.78, 5) is 46.4. The fourth-order valence-corrected chi connectivity index (χ4v) is 2.39. The van der Waals surface area contributed by atoms with Gasteiger partial charge in [-0.25, -0.2) is 9.59 Å². The Morgan fingerprint density at radius 3 is 2.22 bits per heavy atom. The molecule has 1 saturated heterocycles. The number of urea groups is 1. The highest BCUT2D eigenvalue weighted by Crippen LogP contribution is 2.24. The van der Waals surface area contributed by atoms with Crippen molar-refractivity contribution in [1.82, 2.24) is 10.6 Å². The molecule has 0 unspecified atom stereocenters. The third kappa shape index (κ3) is 4.12. The molecule has 0 atom stereocenters. The van der Waals surface area contributed by atoms with E-state index in [4.69, 9.17) is 9.15 Å². The highest BCUT2D eigenvalue weighted by Gasteiger charge is 2.28. The van der Waals surface area contributed by atoms with Crippen LogP contribution in [0, 0.1) is 0 Å². The van der Waals surface area contributed by atoms with Gasteiger partial charge >= 0.3 is 12.0 Å². The van der Waals surface area contributed by atoms with E-state index in [1.54, 1.807) is 50.2 Å². The molecule has 0 bridgehead atoms. The van der Waals surface area contributed by atoms with Gasteiger partial charge in [-0.3, -0.25) is 20.2 Å². The Labute approximate surface area is 154 Å². The van der Waals surface area contributed by atoms with E-state index < -0.39 is 23.8 Å². The minimum absolute atomic E-state index is 0.206. The van der Waals surface area contributed by atoms with E-state index in [2.05, 4.69) is 0 Å². The first kappa shape index (κ1) is 18.1. The highest BCUT2D eigenvalue weighted by atomic mass is 16.5. The van der Waals surface area contributed by atoms with E-state index in [-0.39, 0.29) is 17.4 Å². The molecule has 1 aliphatic rings. The molecule has 4 amide bonds. The Morgan fingerprint density at radius 2 is 1.63 bits per heavy atom. The van der Waals surface area contributed by atoms with E-state index in [0.717, 1.165) is 0 Å². The fourth-order valence-electron chi connectivity index (χ4n) is 2.39. The zero-order chi connectivity index (χ0) is 19.6. The van der Waals surface area contributed by atoms with E-state index in [9.17, 15) is 19.2 Å². The normalized spacial score (nSPS) is 14.0. The fraction of sp³-hybridized carbons (Fsp3) is 0.158. The highest BCUT2D eigenvalue weighted by molar-refractivity contribution is 6.31. The molecule has 0 saturated carbocycles. The van der Waals surface area contributed by atoms with Gasteiger partial charge in [0.1, 0.15) is 17.1 Å². The number of benzene rings is 1. The number of barbiturate groups is 1. The predicted molar refractivity (Wildman–Crippen MR) is 94.4 cm³/mol. The molecular formula is C19H16N2O6. The monoisotopic (exact) mass is 368 g/mol. The largest absolute Gasteiger partial charge is 0.459 e. The predicted octanol–water partition coefficient (Wildman–Crippen LogP) is 2.26. The summed E-state index contributed by atoms with van der Waals surface area (Å²) in [6.07, 6.45) is 1.04. The number of nitrogens with one attached hydrogen (secondary N) is 2. The van der Waals surface area contributed by atoms with Crippen LogP contribution < -0.4 is 10.6 Å². The minimum Gasteiger partial charge on any atom is -0.459 e. The van der Waals surface area contributed by atoms with Crippen molar-refractivity contribution in [3.8, 4) is 11.3 Å². The van der Waals surface area contributed by atoms with Crippen LogP contribution in [0.1, 0.15) is 30.0 Å². The summed E-state index contributed by atoms with van der Waals surface area (Å²) in [7, 11) is 0. The van der Waals surface area contributed by atoms with Crippen molar-refractivity contribution in [2.45, 2.75) is 20.0 Å². The van der Waals surface area contributed by atoms with Gasteiger partial charge in [-0.2, -0.15) is 0 Å². The maximum Gasteiger partial charge on any atom is 0.338 e. The molecule has 0 aliphatic carbocycles. The van der Waals surface area contributed by atoms with E-state index in [0.29, 0.717) is 16.9 Å². The van der Waals surface area contributed by atoms with E-state index in [1.807, 2.05) is 10.6 Å². The molecule has 8 heteroatoms. The Morgan fingerprint density at radius 1 is 1.00 bits per heavy atom. The lowest BCUT2D eigenvalue weighted by Crippen LogP contribution is -2.51. The first-order chi connectivity index (χ1) is 12.8. The zero-order valence-electron chi connectivity index (χ0n) is 14.6. The van der Waals surface area contributed by atoms with E-state index in [1.165, 1.54) is 6.08 Å². The molecule has 8 nitrogen and oxygen atoms in total. The first-order valence-electron chi connectivity index (χ1n) is 8.13. The molecule has 0 spiro atoms. The maximum absolute atomic E-state index is 11.9. The lowest BCUT2D eigenvalue weighted by atomic mass is 10.1. The molecule has 138 valence electrons. The van der Waals surface area contributed by atoms with Crippen molar-refractivity contribution < 1.29 is 28.3 Å². The van der Waals surface area contributed by atoms with Crippen LogP contribution in [0.4, 0.5) is 4.79 Å². The number of imide groups is 2. The number of amides is 4. The lowest BCUT2D eigenvalue weighted by Gasteiger charge is -2.13. The lowest BCUT2D eigenvalue weighted by molar-refractivity contribution is -0.123. The number of carbonyl (C=O) groups is 4. The van der Waals surface area contributed by atoms with Gasteiger partial charge in [-0.05, 0) is 44.2 Å². The number of hydrogen-bond acceptors (Lipinski definition) is 6. The van der Waals surface area contributed by atoms with Crippen LogP contribution in [-0.2, 0) is 14.3 Å². The first-order valence-corrected chi connectivity index (χ1v) is 8.13. The zero-order valence-corrected chi connectivity index (χ0v) is 14.6. The summed E-state index contributed by atoms with van der Waals surface area (Å²) < 4.78 is 10.8. The van der Waals surface area contributed by atoms with Crippen LogP contribution in [0.3, 0.4) is 0 Å². The maximum atomic E-state index is 11.9. The topological polar surface area (TPSA) is 115 Å². The standard InChI is InChI=1S/C19H16N2O6/c1-10(2)26-18(24)12-5-3-11(4-6-12)15-8-7-13(27-15)9-14-16(22)20-19(25)21-17(14)23/h3-10H,1-2H3,(H2,20,21,22,23,25). The van der Waals surface area contributed by atoms with Crippen molar-refractivity contribution in [2.24, 2.45) is 0 Å². The van der Waals surface area contributed by atoms with Gasteiger partial charge in [-0.15, -0.1) is 0 Å². The second-order valence-corrected chi connectivity index (χ2v) is 6.03. The molecule has 1 fully saturated rings. The molecule has 0 radical (unpaired) electrons. The number of ether oxygens (including phenoxy) is 1. The second-order valence-electron chi connectivity index (χ2n) is 6.03. The van der Waals surface area contributed by atoms with Crippen molar-refractivity contribution in [2.75, 3.05) is 0 Å². The van der Waals surface area contributed by atoms with Crippen LogP contribution in [0.2, 0.25) is 0 Å². The third-order valence-electron chi connectivity index (χ3n) is 3.60. The van der Waals surface area contributed by atoms with Gasteiger partial charge in [0.05, 0.1) is 11.7 Å². The van der Waals surface area contributed by atoms with E-state index >= 15 is 0 Å². The average molecular weight is 368 g/mol. The molecule has 2 heterocycles. The summed E-state index contributed by atoms with van der Waals surface area (Å²) in [6.45, 7) is 3.54. The summed E-state index contributed by atoms with van der Waals surface area (Å²) in [5, 5.41) is 3.97. The van der Waals surface area contributed by atoms with Gasteiger partial charge in [0.15, 0.2) is 0 Å². The number of carbonyl (C=O) groups excluding carboxylic acids is 4. The number of hydrogen-bond donors (Lipinski definition) is 2. The van der Waals surface area contributed by atoms with Gasteiger partial charge in [0.25, 0.3) is 11.8 Å².